The van der Waals surface area contributed by atoms with Gasteiger partial charge in [0.25, 0.3) is 5.91 Å². The number of nitrogen functional groups attached to an aromatic ring is 1. The van der Waals surface area contributed by atoms with E-state index in [0.29, 0.717) is 35.3 Å². The number of benzene rings is 3. The van der Waals surface area contributed by atoms with Crippen LogP contribution in [0.3, 0.4) is 0 Å². The first-order valence-electron chi connectivity index (χ1n) is 11.1. The molecule has 0 aromatic heterocycles. The molecule has 2 atom stereocenters. The van der Waals surface area contributed by atoms with Crippen LogP contribution >= 0.6 is 0 Å². The molecule has 0 aliphatic carbocycles. The lowest BCUT2D eigenvalue weighted by Gasteiger charge is -2.27. The van der Waals surface area contributed by atoms with Gasteiger partial charge >= 0.3 is 6.03 Å². The van der Waals surface area contributed by atoms with Crippen LogP contribution in [0, 0.1) is 11.6 Å². The second-order valence-corrected chi connectivity index (χ2v) is 8.45. The number of carbonyl (C=O) groups excluding carboxylic acids is 2. The lowest BCUT2D eigenvalue weighted by molar-refractivity contribution is 0.102. The molecule has 3 aromatic rings. The van der Waals surface area contributed by atoms with Crippen molar-refractivity contribution in [2.24, 2.45) is 5.73 Å². The molecule has 0 fully saturated rings. The molecule has 0 radical (unpaired) electrons. The molecule has 0 bridgehead atoms. The molecule has 0 heterocycles. The van der Waals surface area contributed by atoms with Crippen molar-refractivity contribution in [3.05, 3.63) is 95.1 Å². The van der Waals surface area contributed by atoms with Gasteiger partial charge in [-0.05, 0) is 74.5 Å². The second-order valence-electron chi connectivity index (χ2n) is 8.45. The zero-order valence-electron chi connectivity index (χ0n) is 19.6. The molecule has 0 aliphatic heterocycles. The van der Waals surface area contributed by atoms with Gasteiger partial charge in [0, 0.05) is 11.6 Å². The summed E-state index contributed by atoms with van der Waals surface area (Å²) in [6, 6.07) is 16.2. The summed E-state index contributed by atoms with van der Waals surface area (Å²) in [5, 5.41) is 5.50. The van der Waals surface area contributed by atoms with Gasteiger partial charge in [-0.1, -0.05) is 30.3 Å². The Morgan fingerprint density at radius 3 is 2.17 bits per heavy atom. The van der Waals surface area contributed by atoms with Crippen LogP contribution in [0.2, 0.25) is 0 Å². The highest BCUT2D eigenvalue weighted by Gasteiger charge is 2.21. The minimum Gasteiger partial charge on any atom is -0.397 e. The van der Waals surface area contributed by atoms with Crippen LogP contribution in [0.5, 0.6) is 0 Å². The van der Waals surface area contributed by atoms with Gasteiger partial charge in [0.1, 0.15) is 0 Å². The fourth-order valence-corrected chi connectivity index (χ4v) is 3.93. The molecule has 0 saturated carbocycles. The number of amides is 3. The largest absolute Gasteiger partial charge is 0.397 e. The van der Waals surface area contributed by atoms with Crippen molar-refractivity contribution in [1.29, 1.82) is 0 Å². The number of nitrogens with one attached hydrogen (secondary N) is 2. The third-order valence-corrected chi connectivity index (χ3v) is 5.78. The molecule has 2 unspecified atom stereocenters. The molecule has 7 nitrogen and oxygen atoms in total. The Labute approximate surface area is 203 Å². The topological polar surface area (TPSA) is 113 Å². The van der Waals surface area contributed by atoms with Gasteiger partial charge in [-0.3, -0.25) is 4.79 Å². The average molecular weight is 482 g/mol. The Bertz CT molecular complexity index is 1180. The molecule has 9 heteroatoms. The number of hydrogen-bond donors (Lipinski definition) is 4. The molecule has 3 aromatic carbocycles. The number of para-hydroxylation sites is 2. The van der Waals surface area contributed by atoms with Crippen molar-refractivity contribution >= 4 is 23.3 Å². The predicted octanol–water partition coefficient (Wildman–Crippen LogP) is 4.59. The number of urea groups is 1. The van der Waals surface area contributed by atoms with E-state index in [2.05, 4.69) is 10.6 Å². The molecule has 6 N–H and O–H groups in total. The standard InChI is InChI=1S/C26H29F2N5O2/c1-33(2)24(18-11-12-19(27)20(28)15-18)14-13-22(32-26(30)35)16-7-9-17(10-8-16)25(34)31-23-6-4-3-5-21(23)29/h3-12,15,22,24H,13-14,29H2,1-2H3,(H,31,34)(H3,30,32,35). The fraction of sp³-hybridized carbons (Fsp3) is 0.231. The van der Waals surface area contributed by atoms with Crippen LogP contribution in [-0.4, -0.2) is 30.9 Å². The Hall–Kier alpha value is -3.98. The minimum atomic E-state index is -0.910. The van der Waals surface area contributed by atoms with Crippen molar-refractivity contribution in [2.45, 2.75) is 24.9 Å². The molecular formula is C26H29F2N5O2. The first-order chi connectivity index (χ1) is 16.7. The van der Waals surface area contributed by atoms with E-state index in [-0.39, 0.29) is 11.9 Å². The predicted molar refractivity (Wildman–Crippen MR) is 133 cm³/mol. The van der Waals surface area contributed by atoms with Gasteiger partial charge in [-0.15, -0.1) is 0 Å². The fourth-order valence-electron chi connectivity index (χ4n) is 3.93. The summed E-state index contributed by atoms with van der Waals surface area (Å²) in [4.78, 5) is 26.2. The highest BCUT2D eigenvalue weighted by atomic mass is 19.2. The molecule has 0 spiro atoms. The van der Waals surface area contributed by atoms with Crippen LogP contribution in [0.4, 0.5) is 25.0 Å². The van der Waals surface area contributed by atoms with Gasteiger partial charge in [-0.25, -0.2) is 13.6 Å². The van der Waals surface area contributed by atoms with Gasteiger partial charge in [0.05, 0.1) is 17.4 Å². The molecule has 3 rings (SSSR count). The SMILES string of the molecule is CN(C)C(CCC(NC(N)=O)c1ccc(C(=O)Nc2ccccc2N)cc1)c1ccc(F)c(F)c1. The average Bonchev–Trinajstić information content (AvgIpc) is 2.81. The van der Waals surface area contributed by atoms with E-state index in [1.807, 2.05) is 19.0 Å². The van der Waals surface area contributed by atoms with Crippen molar-refractivity contribution < 1.29 is 18.4 Å². The molecule has 184 valence electrons. The van der Waals surface area contributed by atoms with E-state index in [1.165, 1.54) is 6.07 Å². The normalized spacial score (nSPS) is 12.7. The van der Waals surface area contributed by atoms with Crippen LogP contribution < -0.4 is 22.1 Å². The number of rotatable bonds is 9. The maximum atomic E-state index is 13.8. The number of nitrogens with zero attached hydrogens (tertiary/aromatic N) is 1. The van der Waals surface area contributed by atoms with Crippen molar-refractivity contribution in [2.75, 3.05) is 25.1 Å². The Kier molecular flexibility index (Phi) is 8.38. The number of carbonyl (C=O) groups is 2. The quantitative estimate of drug-likeness (QED) is 0.335. The van der Waals surface area contributed by atoms with E-state index in [0.717, 1.165) is 11.6 Å². The van der Waals surface area contributed by atoms with Gasteiger partial charge in [-0.2, -0.15) is 0 Å². The summed E-state index contributed by atoms with van der Waals surface area (Å²) < 4.78 is 27.2. The van der Waals surface area contributed by atoms with Crippen LogP contribution in [-0.2, 0) is 0 Å². The number of anilines is 2. The van der Waals surface area contributed by atoms with E-state index < -0.39 is 23.7 Å². The van der Waals surface area contributed by atoms with E-state index in [9.17, 15) is 18.4 Å². The first-order valence-corrected chi connectivity index (χ1v) is 11.1. The highest BCUT2D eigenvalue weighted by molar-refractivity contribution is 6.05. The monoisotopic (exact) mass is 481 g/mol. The maximum Gasteiger partial charge on any atom is 0.312 e. The van der Waals surface area contributed by atoms with Crippen molar-refractivity contribution in [3.8, 4) is 0 Å². The summed E-state index contributed by atoms with van der Waals surface area (Å²) in [5.41, 5.74) is 14.0. The van der Waals surface area contributed by atoms with Crippen LogP contribution in [0.15, 0.2) is 66.7 Å². The van der Waals surface area contributed by atoms with E-state index in [4.69, 9.17) is 11.5 Å². The van der Waals surface area contributed by atoms with E-state index >= 15 is 0 Å². The molecule has 0 saturated heterocycles. The number of primary amides is 1. The summed E-state index contributed by atoms with van der Waals surface area (Å²) in [6.07, 6.45) is 0.995. The highest BCUT2D eigenvalue weighted by Crippen LogP contribution is 2.29. The van der Waals surface area contributed by atoms with Gasteiger partial charge in [0.2, 0.25) is 0 Å². The smallest absolute Gasteiger partial charge is 0.312 e. The minimum absolute atomic E-state index is 0.219. The lowest BCUT2D eigenvalue weighted by Crippen LogP contribution is -2.34. The first kappa shape index (κ1) is 25.6. The number of halogens is 2. The summed E-state index contributed by atoms with van der Waals surface area (Å²) in [6.45, 7) is 0. The third-order valence-electron chi connectivity index (χ3n) is 5.78. The zero-order valence-corrected chi connectivity index (χ0v) is 19.6. The second kappa shape index (κ2) is 11.4. The lowest BCUT2D eigenvalue weighted by atomic mass is 9.94. The summed E-state index contributed by atoms with van der Waals surface area (Å²) in [5.74, 6) is -2.13. The van der Waals surface area contributed by atoms with Crippen LogP contribution in [0.1, 0.15) is 46.4 Å². The summed E-state index contributed by atoms with van der Waals surface area (Å²) >= 11 is 0. The Morgan fingerprint density at radius 2 is 1.57 bits per heavy atom. The van der Waals surface area contributed by atoms with Crippen molar-refractivity contribution in [1.82, 2.24) is 10.2 Å². The number of nitrogens with two attached hydrogens (primary N) is 2. The molecule has 35 heavy (non-hydrogen) atoms. The van der Waals surface area contributed by atoms with Gasteiger partial charge < -0.3 is 27.0 Å². The van der Waals surface area contributed by atoms with E-state index in [1.54, 1.807) is 54.6 Å². The summed E-state index contributed by atoms with van der Waals surface area (Å²) in [7, 11) is 3.69. The molecular weight excluding hydrogens is 452 g/mol. The zero-order chi connectivity index (χ0) is 25.5. The molecule has 3 amide bonds. The molecule has 0 aliphatic rings. The Balaban J connectivity index is 1.74. The van der Waals surface area contributed by atoms with Crippen LogP contribution in [0.25, 0.3) is 0 Å². The van der Waals surface area contributed by atoms with Crippen molar-refractivity contribution in [3.63, 3.8) is 0 Å². The van der Waals surface area contributed by atoms with Gasteiger partial charge in [0.15, 0.2) is 11.6 Å². The third kappa shape index (κ3) is 6.77. The Morgan fingerprint density at radius 1 is 0.914 bits per heavy atom. The maximum absolute atomic E-state index is 13.8. The number of hydrogen-bond acceptors (Lipinski definition) is 4.